The maximum absolute atomic E-state index is 12.4. The summed E-state index contributed by atoms with van der Waals surface area (Å²) in [6.45, 7) is 3.96. The van der Waals surface area contributed by atoms with Crippen molar-refractivity contribution in [1.29, 1.82) is 0 Å². The van der Waals surface area contributed by atoms with Crippen molar-refractivity contribution in [3.05, 3.63) is 58.1 Å². The van der Waals surface area contributed by atoms with Gasteiger partial charge in [0.1, 0.15) is 6.16 Å². The third-order valence-corrected chi connectivity index (χ3v) is 5.87. The SMILES string of the molecule is COP(=O)(CC(=O)c1cccc(-c2c(C)cc(Cl)cc2C)c1)OC. The quantitative estimate of drug-likeness (QED) is 0.514. The summed E-state index contributed by atoms with van der Waals surface area (Å²) < 4.78 is 21.8. The topological polar surface area (TPSA) is 52.6 Å². The summed E-state index contributed by atoms with van der Waals surface area (Å²) in [7, 11) is -0.838. The van der Waals surface area contributed by atoms with Crippen LogP contribution in [0.4, 0.5) is 0 Å². The molecule has 0 saturated carbocycles. The first-order chi connectivity index (χ1) is 11.3. The van der Waals surface area contributed by atoms with Crippen molar-refractivity contribution in [2.75, 3.05) is 20.4 Å². The first-order valence-corrected chi connectivity index (χ1v) is 9.51. The molecule has 0 heterocycles. The lowest BCUT2D eigenvalue weighted by molar-refractivity contribution is 0.101. The standard InChI is InChI=1S/C18H20ClO4P/c1-12-8-16(19)9-13(2)18(12)15-7-5-6-14(10-15)17(20)11-24(21,22-3)23-4/h5-10H,11H2,1-4H3. The van der Waals surface area contributed by atoms with Crippen LogP contribution < -0.4 is 0 Å². The zero-order valence-corrected chi connectivity index (χ0v) is 15.8. The Balaban J connectivity index is 2.40. The first-order valence-electron chi connectivity index (χ1n) is 7.40. The maximum atomic E-state index is 12.4. The van der Waals surface area contributed by atoms with Crippen LogP contribution in [-0.2, 0) is 13.6 Å². The van der Waals surface area contributed by atoms with E-state index in [2.05, 4.69) is 0 Å². The number of Topliss-reactive ketones (excluding diaryl/α,β-unsaturated/α-hetero) is 1. The van der Waals surface area contributed by atoms with Crippen molar-refractivity contribution >= 4 is 25.0 Å². The molecule has 0 aliphatic rings. The van der Waals surface area contributed by atoms with Crippen LogP contribution in [0.1, 0.15) is 21.5 Å². The van der Waals surface area contributed by atoms with Crippen molar-refractivity contribution in [3.8, 4) is 11.1 Å². The number of carbonyl (C=O) groups is 1. The van der Waals surface area contributed by atoms with E-state index in [0.29, 0.717) is 10.6 Å². The Labute approximate surface area is 147 Å². The molecule has 0 aromatic heterocycles. The average molecular weight is 367 g/mol. The molecule has 0 radical (unpaired) electrons. The van der Waals surface area contributed by atoms with Gasteiger partial charge in [0.25, 0.3) is 0 Å². The van der Waals surface area contributed by atoms with Crippen molar-refractivity contribution < 1.29 is 18.4 Å². The van der Waals surface area contributed by atoms with Crippen LogP contribution in [0.15, 0.2) is 36.4 Å². The first kappa shape index (κ1) is 18.9. The molecule has 2 aromatic carbocycles. The van der Waals surface area contributed by atoms with Gasteiger partial charge in [0.05, 0.1) is 0 Å². The highest BCUT2D eigenvalue weighted by molar-refractivity contribution is 7.54. The summed E-state index contributed by atoms with van der Waals surface area (Å²) in [5, 5.41) is 0.683. The molecular weight excluding hydrogens is 347 g/mol. The summed E-state index contributed by atoms with van der Waals surface area (Å²) in [5.74, 6) is -0.284. The van der Waals surface area contributed by atoms with Gasteiger partial charge < -0.3 is 9.05 Å². The molecular formula is C18H20ClO4P. The fourth-order valence-corrected chi connectivity index (χ4v) is 3.95. The average Bonchev–Trinajstić information content (AvgIpc) is 2.54. The highest BCUT2D eigenvalue weighted by Crippen LogP contribution is 2.46. The van der Waals surface area contributed by atoms with Crippen LogP contribution in [-0.4, -0.2) is 26.2 Å². The Morgan fingerprint density at radius 3 is 2.21 bits per heavy atom. The van der Waals surface area contributed by atoms with E-state index in [9.17, 15) is 9.36 Å². The van der Waals surface area contributed by atoms with Gasteiger partial charge in [-0.15, -0.1) is 0 Å². The van der Waals surface area contributed by atoms with E-state index in [1.807, 2.05) is 32.0 Å². The van der Waals surface area contributed by atoms with Gasteiger partial charge in [-0.1, -0.05) is 29.8 Å². The molecule has 0 bridgehead atoms. The van der Waals surface area contributed by atoms with E-state index in [0.717, 1.165) is 22.3 Å². The molecule has 0 aliphatic carbocycles. The molecule has 0 fully saturated rings. The number of halogens is 1. The van der Waals surface area contributed by atoms with Gasteiger partial charge in [-0.3, -0.25) is 9.36 Å². The van der Waals surface area contributed by atoms with Gasteiger partial charge in [0, 0.05) is 24.8 Å². The molecule has 0 amide bonds. The van der Waals surface area contributed by atoms with Crippen molar-refractivity contribution in [1.82, 2.24) is 0 Å². The number of ketones is 1. The Morgan fingerprint density at radius 1 is 1.08 bits per heavy atom. The number of carbonyl (C=O) groups excluding carboxylic acids is 1. The number of benzene rings is 2. The Kier molecular flexibility index (Phi) is 6.00. The third-order valence-electron chi connectivity index (χ3n) is 3.86. The third kappa shape index (κ3) is 4.14. The highest BCUT2D eigenvalue weighted by atomic mass is 35.5. The van der Waals surface area contributed by atoms with Crippen molar-refractivity contribution in [3.63, 3.8) is 0 Å². The fourth-order valence-electron chi connectivity index (χ4n) is 2.68. The molecule has 0 spiro atoms. The minimum Gasteiger partial charge on any atom is -0.312 e. The summed E-state index contributed by atoms with van der Waals surface area (Å²) in [6, 6.07) is 11.0. The summed E-state index contributed by atoms with van der Waals surface area (Å²) in [5.41, 5.74) is 4.48. The van der Waals surface area contributed by atoms with Crippen LogP contribution in [0.25, 0.3) is 11.1 Å². The number of hydrogen-bond donors (Lipinski definition) is 0. The molecule has 24 heavy (non-hydrogen) atoms. The van der Waals surface area contributed by atoms with Crippen molar-refractivity contribution in [2.45, 2.75) is 13.8 Å². The minimum absolute atomic E-state index is 0.284. The Hall–Kier alpha value is -1.45. The van der Waals surface area contributed by atoms with Gasteiger partial charge >= 0.3 is 7.60 Å². The largest absolute Gasteiger partial charge is 0.337 e. The number of aryl methyl sites for hydroxylation is 2. The number of hydrogen-bond acceptors (Lipinski definition) is 4. The normalized spacial score (nSPS) is 11.5. The molecule has 2 rings (SSSR count). The Morgan fingerprint density at radius 2 is 1.67 bits per heavy atom. The molecule has 128 valence electrons. The van der Waals surface area contributed by atoms with E-state index in [-0.39, 0.29) is 11.9 Å². The highest BCUT2D eigenvalue weighted by Gasteiger charge is 2.26. The molecule has 0 N–H and O–H groups in total. The van der Waals surface area contributed by atoms with Crippen molar-refractivity contribution in [2.24, 2.45) is 0 Å². The lowest BCUT2D eigenvalue weighted by Crippen LogP contribution is -2.08. The van der Waals surface area contributed by atoms with E-state index >= 15 is 0 Å². The fraction of sp³-hybridized carbons (Fsp3) is 0.278. The van der Waals surface area contributed by atoms with E-state index in [4.69, 9.17) is 20.6 Å². The van der Waals surface area contributed by atoms with Gasteiger partial charge in [-0.25, -0.2) is 0 Å². The van der Waals surface area contributed by atoms with Crippen LogP contribution in [0, 0.1) is 13.8 Å². The Bertz CT molecular complexity index is 785. The maximum Gasteiger partial charge on any atom is 0.337 e. The lowest BCUT2D eigenvalue weighted by Gasteiger charge is -2.14. The van der Waals surface area contributed by atoms with Gasteiger partial charge in [0.15, 0.2) is 5.78 Å². The van der Waals surface area contributed by atoms with Crippen LogP contribution >= 0.6 is 19.2 Å². The second-order valence-corrected chi connectivity index (χ2v) is 8.26. The molecule has 0 unspecified atom stereocenters. The van der Waals surface area contributed by atoms with E-state index in [1.165, 1.54) is 14.2 Å². The lowest BCUT2D eigenvalue weighted by atomic mass is 9.94. The molecule has 2 aromatic rings. The molecule has 4 nitrogen and oxygen atoms in total. The van der Waals surface area contributed by atoms with E-state index in [1.54, 1.807) is 18.2 Å². The molecule has 0 aliphatic heterocycles. The van der Waals surface area contributed by atoms with Gasteiger partial charge in [-0.05, 0) is 54.3 Å². The van der Waals surface area contributed by atoms with E-state index < -0.39 is 7.60 Å². The molecule has 6 heteroatoms. The van der Waals surface area contributed by atoms with Gasteiger partial charge in [0.2, 0.25) is 0 Å². The van der Waals surface area contributed by atoms with Crippen LogP contribution in [0.5, 0.6) is 0 Å². The second kappa shape index (κ2) is 7.62. The summed E-state index contributed by atoms with van der Waals surface area (Å²) in [4.78, 5) is 12.4. The predicted octanol–water partition coefficient (Wildman–Crippen LogP) is 5.29. The van der Waals surface area contributed by atoms with Crippen LogP contribution in [0.3, 0.4) is 0 Å². The molecule has 0 saturated heterocycles. The monoisotopic (exact) mass is 366 g/mol. The molecule has 0 atom stereocenters. The van der Waals surface area contributed by atoms with Gasteiger partial charge in [-0.2, -0.15) is 0 Å². The zero-order chi connectivity index (χ0) is 17.9. The second-order valence-electron chi connectivity index (χ2n) is 5.55. The summed E-state index contributed by atoms with van der Waals surface area (Å²) in [6.07, 6.45) is -0.290. The summed E-state index contributed by atoms with van der Waals surface area (Å²) >= 11 is 6.08. The predicted molar refractivity (Wildman–Crippen MR) is 97.2 cm³/mol. The minimum atomic E-state index is -3.38. The number of rotatable bonds is 6. The zero-order valence-electron chi connectivity index (χ0n) is 14.1. The smallest absolute Gasteiger partial charge is 0.312 e. The van der Waals surface area contributed by atoms with Crippen LogP contribution in [0.2, 0.25) is 5.02 Å².